The van der Waals surface area contributed by atoms with Crippen LogP contribution in [0.5, 0.6) is 0 Å². The molecule has 0 radical (unpaired) electrons. The zero-order chi connectivity index (χ0) is 21.2. The van der Waals surface area contributed by atoms with Crippen LogP contribution in [0.3, 0.4) is 0 Å². The molecule has 2 aliphatic rings. The van der Waals surface area contributed by atoms with E-state index in [4.69, 9.17) is 5.73 Å². The molecule has 1 saturated carbocycles. The quantitative estimate of drug-likeness (QED) is 0.803. The number of nitrogens with one attached hydrogen (secondary N) is 1. The lowest BCUT2D eigenvalue weighted by Gasteiger charge is -2.28. The molecule has 2 amide bonds. The average molecular weight is 400 g/mol. The van der Waals surface area contributed by atoms with Gasteiger partial charge in [-0.05, 0) is 69.6 Å². The number of aryl methyl sites for hydroxylation is 1. The molecule has 1 aliphatic heterocycles. The Labute approximate surface area is 175 Å². The van der Waals surface area contributed by atoms with Gasteiger partial charge >= 0.3 is 0 Å². The van der Waals surface area contributed by atoms with E-state index in [2.05, 4.69) is 17.4 Å². The molecule has 3 N–H and O–H groups in total. The zero-order valence-electron chi connectivity index (χ0n) is 18.5. The van der Waals surface area contributed by atoms with Crippen LogP contribution in [-0.4, -0.2) is 29.9 Å². The first-order valence-electron chi connectivity index (χ1n) is 11.1. The third kappa shape index (κ3) is 5.59. The van der Waals surface area contributed by atoms with Gasteiger partial charge in [-0.15, -0.1) is 0 Å². The lowest BCUT2D eigenvalue weighted by molar-refractivity contribution is -0.125. The number of carbonyl (C=O) groups excluding carboxylic acids is 2. The molecule has 0 spiro atoms. The van der Waals surface area contributed by atoms with Gasteiger partial charge in [0.15, 0.2) is 0 Å². The fourth-order valence-electron chi connectivity index (χ4n) is 4.90. The van der Waals surface area contributed by atoms with E-state index in [-0.39, 0.29) is 29.8 Å². The summed E-state index contributed by atoms with van der Waals surface area (Å²) >= 11 is 0. The summed E-state index contributed by atoms with van der Waals surface area (Å²) < 4.78 is 0. The Kier molecular flexibility index (Phi) is 6.67. The Bertz CT molecular complexity index is 747. The van der Waals surface area contributed by atoms with Crippen molar-refractivity contribution in [2.24, 2.45) is 11.7 Å². The molecular weight excluding hydrogens is 362 g/mol. The van der Waals surface area contributed by atoms with Gasteiger partial charge in [0.25, 0.3) is 0 Å². The smallest absolute Gasteiger partial charge is 0.244 e. The molecule has 0 bridgehead atoms. The van der Waals surface area contributed by atoms with Crippen molar-refractivity contribution < 1.29 is 9.59 Å². The summed E-state index contributed by atoms with van der Waals surface area (Å²) in [6.07, 6.45) is 8.25. The van der Waals surface area contributed by atoms with Crippen molar-refractivity contribution in [3.8, 4) is 0 Å². The van der Waals surface area contributed by atoms with Crippen LogP contribution in [0.15, 0.2) is 18.2 Å². The Morgan fingerprint density at radius 1 is 1.21 bits per heavy atom. The first kappa shape index (κ1) is 21.8. The summed E-state index contributed by atoms with van der Waals surface area (Å²) in [5.74, 6) is 0.674. The molecule has 5 heteroatoms. The van der Waals surface area contributed by atoms with Crippen molar-refractivity contribution in [3.05, 3.63) is 29.3 Å². The van der Waals surface area contributed by atoms with Gasteiger partial charge in [0.1, 0.15) is 6.54 Å². The van der Waals surface area contributed by atoms with Crippen LogP contribution in [0.1, 0.15) is 82.8 Å². The third-order valence-corrected chi connectivity index (χ3v) is 6.20. The minimum Gasteiger partial charge on any atom is -0.350 e. The fraction of sp³-hybridized carbons (Fsp3) is 0.667. The molecule has 29 heavy (non-hydrogen) atoms. The van der Waals surface area contributed by atoms with E-state index in [0.29, 0.717) is 12.3 Å². The molecule has 1 aliphatic carbocycles. The number of anilines is 1. The topological polar surface area (TPSA) is 75.4 Å². The highest BCUT2D eigenvalue weighted by molar-refractivity contribution is 6.03. The number of hydrogen-bond acceptors (Lipinski definition) is 3. The molecule has 1 aromatic rings. The minimum atomic E-state index is -0.571. The second kappa shape index (κ2) is 8.86. The molecule has 160 valence electrons. The largest absolute Gasteiger partial charge is 0.350 e. The summed E-state index contributed by atoms with van der Waals surface area (Å²) in [5, 5.41) is 2.97. The first-order chi connectivity index (χ1) is 13.6. The van der Waals surface area contributed by atoms with Gasteiger partial charge < -0.3 is 16.0 Å². The Morgan fingerprint density at radius 2 is 1.90 bits per heavy atom. The predicted molar refractivity (Wildman–Crippen MR) is 118 cm³/mol. The number of carbonyl (C=O) groups is 2. The van der Waals surface area contributed by atoms with Crippen molar-refractivity contribution in [1.29, 1.82) is 0 Å². The third-order valence-electron chi connectivity index (χ3n) is 6.20. The van der Waals surface area contributed by atoms with Gasteiger partial charge in [-0.3, -0.25) is 9.59 Å². The summed E-state index contributed by atoms with van der Waals surface area (Å²) in [6.45, 7) is 7.87. The van der Waals surface area contributed by atoms with Crippen molar-refractivity contribution in [1.82, 2.24) is 5.32 Å². The predicted octanol–water partition coefficient (Wildman–Crippen LogP) is 4.03. The number of nitrogens with two attached hydrogens (primary N) is 1. The van der Waals surface area contributed by atoms with Gasteiger partial charge in [0.05, 0.1) is 6.04 Å². The molecule has 0 aromatic heterocycles. The standard InChI is InChI=1S/C24H37N3O2/c1-16-10-11-19-18(13-17-8-6-5-7-9-17)14-20(25)23(29)27(21(19)12-16)15-22(28)26-24(2,3)4/h10-12,17-18,20H,5-9,13-15,25H2,1-4H3,(H,26,28). The number of amides is 2. The average Bonchev–Trinajstić information content (AvgIpc) is 2.72. The number of nitrogens with zero attached hydrogens (tertiary/aromatic N) is 1. The van der Waals surface area contributed by atoms with Crippen LogP contribution < -0.4 is 16.0 Å². The molecular formula is C24H37N3O2. The highest BCUT2D eigenvalue weighted by Crippen LogP contribution is 2.41. The van der Waals surface area contributed by atoms with Gasteiger partial charge in [0, 0.05) is 11.2 Å². The van der Waals surface area contributed by atoms with Crippen LogP contribution in [0.25, 0.3) is 0 Å². The van der Waals surface area contributed by atoms with Gasteiger partial charge in [-0.2, -0.15) is 0 Å². The van der Waals surface area contributed by atoms with Crippen LogP contribution in [0.4, 0.5) is 5.69 Å². The maximum Gasteiger partial charge on any atom is 0.244 e. The number of hydrogen-bond donors (Lipinski definition) is 2. The Hall–Kier alpha value is -1.88. The normalized spacial score (nSPS) is 23.5. The lowest BCUT2D eigenvalue weighted by Crippen LogP contribution is -2.50. The summed E-state index contributed by atoms with van der Waals surface area (Å²) in [6, 6.07) is 5.74. The monoisotopic (exact) mass is 399 g/mol. The number of benzene rings is 1. The van der Waals surface area contributed by atoms with Gasteiger partial charge in [-0.1, -0.05) is 44.2 Å². The number of fused-ring (bicyclic) bond motifs is 1. The van der Waals surface area contributed by atoms with E-state index in [1.807, 2.05) is 33.8 Å². The second-order valence-corrected chi connectivity index (χ2v) is 10.1. The van der Waals surface area contributed by atoms with Crippen LogP contribution in [0.2, 0.25) is 0 Å². The van der Waals surface area contributed by atoms with E-state index in [1.165, 1.54) is 37.7 Å². The molecule has 2 unspecified atom stereocenters. The Balaban J connectivity index is 1.91. The maximum absolute atomic E-state index is 13.2. The van der Waals surface area contributed by atoms with E-state index >= 15 is 0 Å². The van der Waals surface area contributed by atoms with Crippen molar-refractivity contribution in [2.45, 2.75) is 90.1 Å². The molecule has 2 atom stereocenters. The van der Waals surface area contributed by atoms with Crippen molar-refractivity contribution in [2.75, 3.05) is 11.4 Å². The zero-order valence-corrected chi connectivity index (χ0v) is 18.5. The minimum absolute atomic E-state index is 0.0103. The van der Waals surface area contributed by atoms with E-state index in [0.717, 1.165) is 17.7 Å². The van der Waals surface area contributed by atoms with E-state index in [1.54, 1.807) is 4.90 Å². The lowest BCUT2D eigenvalue weighted by atomic mass is 9.78. The number of rotatable bonds is 4. The molecule has 5 nitrogen and oxygen atoms in total. The van der Waals surface area contributed by atoms with Crippen LogP contribution in [0, 0.1) is 12.8 Å². The first-order valence-corrected chi connectivity index (χ1v) is 11.1. The maximum atomic E-state index is 13.2. The van der Waals surface area contributed by atoms with Gasteiger partial charge in [-0.25, -0.2) is 0 Å². The summed E-state index contributed by atoms with van der Waals surface area (Å²) in [4.78, 5) is 27.4. The highest BCUT2D eigenvalue weighted by atomic mass is 16.2. The molecule has 1 heterocycles. The van der Waals surface area contributed by atoms with Crippen molar-refractivity contribution in [3.63, 3.8) is 0 Å². The highest BCUT2D eigenvalue weighted by Gasteiger charge is 2.35. The summed E-state index contributed by atoms with van der Waals surface area (Å²) in [7, 11) is 0. The SMILES string of the molecule is Cc1ccc2c(c1)N(CC(=O)NC(C)(C)C)C(=O)C(N)CC2CC1CCCCC1. The van der Waals surface area contributed by atoms with Gasteiger partial charge in [0.2, 0.25) is 11.8 Å². The van der Waals surface area contributed by atoms with Crippen LogP contribution >= 0.6 is 0 Å². The van der Waals surface area contributed by atoms with Crippen LogP contribution in [-0.2, 0) is 9.59 Å². The molecule has 3 rings (SSSR count). The molecule has 0 saturated heterocycles. The fourth-order valence-corrected chi connectivity index (χ4v) is 4.90. The summed E-state index contributed by atoms with van der Waals surface area (Å²) in [5.41, 5.74) is 9.15. The Morgan fingerprint density at radius 3 is 2.55 bits per heavy atom. The van der Waals surface area contributed by atoms with Crippen molar-refractivity contribution >= 4 is 17.5 Å². The molecule has 1 fully saturated rings. The molecule has 1 aromatic carbocycles. The van der Waals surface area contributed by atoms with E-state index in [9.17, 15) is 9.59 Å². The van der Waals surface area contributed by atoms with E-state index < -0.39 is 6.04 Å². The second-order valence-electron chi connectivity index (χ2n) is 10.1.